The van der Waals surface area contributed by atoms with Crippen molar-refractivity contribution >= 4 is 23.3 Å². The molecule has 2 heterocycles. The second-order valence-electron chi connectivity index (χ2n) is 6.65. The summed E-state index contributed by atoms with van der Waals surface area (Å²) in [5, 5.41) is 5.07. The number of hydrogen-bond acceptors (Lipinski definition) is 4. The van der Waals surface area contributed by atoms with Gasteiger partial charge < -0.3 is 5.32 Å². The maximum Gasteiger partial charge on any atom is 0.326 e. The Labute approximate surface area is 141 Å². The van der Waals surface area contributed by atoms with Crippen molar-refractivity contribution in [3.63, 3.8) is 0 Å². The van der Waals surface area contributed by atoms with Crippen LogP contribution in [0.3, 0.4) is 0 Å². The fraction of sp³-hybridized carbons (Fsp3) is 0.647. The van der Waals surface area contributed by atoms with Crippen LogP contribution >= 0.6 is 11.3 Å². The first-order valence-electron chi connectivity index (χ1n) is 8.45. The molecule has 23 heavy (non-hydrogen) atoms. The molecule has 6 heteroatoms. The first-order valence-corrected chi connectivity index (χ1v) is 9.33. The van der Waals surface area contributed by atoms with E-state index in [0.717, 1.165) is 38.8 Å². The zero-order valence-corrected chi connectivity index (χ0v) is 14.7. The van der Waals surface area contributed by atoms with Crippen LogP contribution in [0.5, 0.6) is 0 Å². The molecule has 126 valence electrons. The fourth-order valence-corrected chi connectivity index (χ4v) is 4.45. The number of urea groups is 1. The van der Waals surface area contributed by atoms with Crippen LogP contribution in [0.4, 0.5) is 4.79 Å². The van der Waals surface area contributed by atoms with Gasteiger partial charge in [0.15, 0.2) is 0 Å². The zero-order chi connectivity index (χ0) is 16.4. The summed E-state index contributed by atoms with van der Waals surface area (Å²) in [6.45, 7) is 6.09. The standard InChI is InChI=1S/C17H25N3O2S/c1-3-19(11-14-8-6-10-23-14)12-20-15(21)17(18-16(20)22)9-5-4-7-13(17)2/h6,8,10,13H,3-5,7,9,11-12H2,1-2H3,(H,18,22)/t13-,17+/m0/s1. The van der Waals surface area contributed by atoms with Crippen LogP contribution in [0.1, 0.15) is 44.4 Å². The highest BCUT2D eigenvalue weighted by molar-refractivity contribution is 7.09. The number of imide groups is 1. The van der Waals surface area contributed by atoms with Gasteiger partial charge in [-0.3, -0.25) is 9.69 Å². The summed E-state index contributed by atoms with van der Waals surface area (Å²) in [4.78, 5) is 30.2. The maximum atomic E-state index is 13.0. The number of rotatable bonds is 5. The number of nitrogens with zero attached hydrogens (tertiary/aromatic N) is 2. The van der Waals surface area contributed by atoms with Crippen molar-refractivity contribution in [2.24, 2.45) is 5.92 Å². The largest absolute Gasteiger partial charge is 0.326 e. The smallest absolute Gasteiger partial charge is 0.323 e. The lowest BCUT2D eigenvalue weighted by Gasteiger charge is -2.37. The lowest BCUT2D eigenvalue weighted by molar-refractivity contribution is -0.135. The Hall–Kier alpha value is -1.40. The van der Waals surface area contributed by atoms with Crippen molar-refractivity contribution in [1.82, 2.24) is 15.1 Å². The van der Waals surface area contributed by atoms with Crippen LogP contribution in [-0.4, -0.2) is 40.5 Å². The molecule has 1 spiro atoms. The van der Waals surface area contributed by atoms with E-state index in [1.54, 1.807) is 11.3 Å². The molecular weight excluding hydrogens is 310 g/mol. The average molecular weight is 335 g/mol. The van der Waals surface area contributed by atoms with E-state index in [9.17, 15) is 9.59 Å². The minimum Gasteiger partial charge on any atom is -0.323 e. The maximum absolute atomic E-state index is 13.0. The second-order valence-corrected chi connectivity index (χ2v) is 7.68. The van der Waals surface area contributed by atoms with Crippen molar-refractivity contribution < 1.29 is 9.59 Å². The predicted octanol–water partition coefficient (Wildman–Crippen LogP) is 3.03. The first kappa shape index (κ1) is 16.5. The van der Waals surface area contributed by atoms with Gasteiger partial charge in [-0.05, 0) is 36.8 Å². The molecular formula is C17H25N3O2S. The third-order valence-corrected chi connectivity index (χ3v) is 6.11. The van der Waals surface area contributed by atoms with Crippen molar-refractivity contribution in [3.05, 3.63) is 22.4 Å². The van der Waals surface area contributed by atoms with Gasteiger partial charge in [-0.15, -0.1) is 11.3 Å². The fourth-order valence-electron chi connectivity index (χ4n) is 3.71. The molecule has 0 aromatic carbocycles. The molecule has 2 fully saturated rings. The molecule has 3 rings (SSSR count). The van der Waals surface area contributed by atoms with Crippen LogP contribution in [0.2, 0.25) is 0 Å². The van der Waals surface area contributed by atoms with Gasteiger partial charge in [-0.25, -0.2) is 9.69 Å². The number of carbonyl (C=O) groups excluding carboxylic acids is 2. The van der Waals surface area contributed by atoms with Crippen LogP contribution in [0.25, 0.3) is 0 Å². The minimum absolute atomic E-state index is 0.0284. The van der Waals surface area contributed by atoms with Gasteiger partial charge >= 0.3 is 6.03 Å². The summed E-state index contributed by atoms with van der Waals surface area (Å²) < 4.78 is 0. The Morgan fingerprint density at radius 1 is 1.43 bits per heavy atom. The second kappa shape index (κ2) is 6.61. The number of nitrogens with one attached hydrogen (secondary N) is 1. The van der Waals surface area contributed by atoms with E-state index in [1.807, 2.05) is 6.07 Å². The summed E-state index contributed by atoms with van der Waals surface area (Å²) in [7, 11) is 0. The Morgan fingerprint density at radius 2 is 2.26 bits per heavy atom. The Balaban J connectivity index is 1.72. The van der Waals surface area contributed by atoms with Crippen molar-refractivity contribution in [2.45, 2.75) is 51.6 Å². The lowest BCUT2D eigenvalue weighted by atomic mass is 9.73. The quantitative estimate of drug-likeness (QED) is 0.842. The normalized spacial score (nSPS) is 28.0. The minimum atomic E-state index is -0.655. The van der Waals surface area contributed by atoms with E-state index in [2.05, 4.69) is 35.5 Å². The molecule has 2 atom stereocenters. The molecule has 5 nitrogen and oxygen atoms in total. The molecule has 1 aromatic heterocycles. The molecule has 2 aliphatic rings. The third kappa shape index (κ3) is 3.02. The van der Waals surface area contributed by atoms with E-state index >= 15 is 0 Å². The van der Waals surface area contributed by atoms with Gasteiger partial charge in [0.1, 0.15) is 5.54 Å². The van der Waals surface area contributed by atoms with Gasteiger partial charge in [-0.1, -0.05) is 32.8 Å². The Bertz CT molecular complexity index is 574. The highest BCUT2D eigenvalue weighted by Gasteiger charge is 2.54. The molecule has 0 radical (unpaired) electrons. The molecule has 3 amide bonds. The van der Waals surface area contributed by atoms with E-state index in [4.69, 9.17) is 0 Å². The van der Waals surface area contributed by atoms with Gasteiger partial charge in [0.2, 0.25) is 0 Å². The third-order valence-electron chi connectivity index (χ3n) is 5.25. The van der Waals surface area contributed by atoms with Crippen molar-refractivity contribution in [2.75, 3.05) is 13.2 Å². The van der Waals surface area contributed by atoms with Gasteiger partial charge in [0.25, 0.3) is 5.91 Å². The predicted molar refractivity (Wildman–Crippen MR) is 91.0 cm³/mol. The Morgan fingerprint density at radius 3 is 2.91 bits per heavy atom. The van der Waals surface area contributed by atoms with Crippen LogP contribution in [0.15, 0.2) is 17.5 Å². The summed E-state index contributed by atoms with van der Waals surface area (Å²) >= 11 is 1.70. The van der Waals surface area contributed by atoms with Gasteiger partial charge in [0, 0.05) is 11.4 Å². The van der Waals surface area contributed by atoms with Crippen LogP contribution < -0.4 is 5.32 Å². The summed E-state index contributed by atoms with van der Waals surface area (Å²) in [6.07, 6.45) is 3.93. The number of amides is 3. The van der Waals surface area contributed by atoms with Crippen molar-refractivity contribution in [1.29, 1.82) is 0 Å². The molecule has 1 saturated carbocycles. The topological polar surface area (TPSA) is 52.6 Å². The van der Waals surface area contributed by atoms with E-state index in [0.29, 0.717) is 6.67 Å². The molecule has 0 unspecified atom stereocenters. The van der Waals surface area contributed by atoms with Gasteiger partial charge in [-0.2, -0.15) is 0 Å². The van der Waals surface area contributed by atoms with E-state index in [-0.39, 0.29) is 17.9 Å². The van der Waals surface area contributed by atoms with Crippen LogP contribution in [-0.2, 0) is 11.3 Å². The molecule has 1 aliphatic heterocycles. The number of hydrogen-bond donors (Lipinski definition) is 1. The van der Waals surface area contributed by atoms with Crippen LogP contribution in [0, 0.1) is 5.92 Å². The summed E-state index contributed by atoms with van der Waals surface area (Å²) in [6, 6.07) is 3.89. The molecule has 0 bridgehead atoms. The molecule has 1 saturated heterocycles. The summed E-state index contributed by atoms with van der Waals surface area (Å²) in [5.41, 5.74) is -0.655. The highest BCUT2D eigenvalue weighted by atomic mass is 32.1. The van der Waals surface area contributed by atoms with E-state index < -0.39 is 5.54 Å². The average Bonchev–Trinajstić information content (AvgIpc) is 3.12. The van der Waals surface area contributed by atoms with E-state index in [1.165, 1.54) is 9.78 Å². The van der Waals surface area contributed by atoms with Crippen molar-refractivity contribution in [3.8, 4) is 0 Å². The lowest BCUT2D eigenvalue weighted by Crippen LogP contribution is -2.54. The van der Waals surface area contributed by atoms with Gasteiger partial charge in [0.05, 0.1) is 6.67 Å². The molecule has 1 aliphatic carbocycles. The number of carbonyl (C=O) groups is 2. The Kier molecular flexibility index (Phi) is 4.73. The zero-order valence-electron chi connectivity index (χ0n) is 13.9. The summed E-state index contributed by atoms with van der Waals surface area (Å²) in [5.74, 6) is 0.185. The first-order chi connectivity index (χ1) is 11.1. The molecule has 1 aromatic rings. The number of thiophene rings is 1. The molecule has 1 N–H and O–H groups in total. The monoisotopic (exact) mass is 335 g/mol. The SMILES string of the molecule is CCN(Cc1cccs1)CN1C(=O)N[C@@]2(CCCC[C@@H]2C)C1=O. The highest BCUT2D eigenvalue weighted by Crippen LogP contribution is 2.38.